The Hall–Kier alpha value is -1.10. The molecule has 1 heterocycles. The molecular formula is C15H29N3O2. The fraction of sp³-hybridized carbons (Fsp3) is 0.867. The fourth-order valence-corrected chi connectivity index (χ4v) is 2.48. The van der Waals surface area contributed by atoms with Gasteiger partial charge in [0.1, 0.15) is 5.41 Å². The van der Waals surface area contributed by atoms with E-state index >= 15 is 0 Å². The van der Waals surface area contributed by atoms with E-state index in [-0.39, 0.29) is 11.8 Å². The van der Waals surface area contributed by atoms with E-state index in [1.807, 2.05) is 23.9 Å². The minimum absolute atomic E-state index is 0.0496. The number of piperidine rings is 1. The summed E-state index contributed by atoms with van der Waals surface area (Å²) in [6, 6.07) is 0. The van der Waals surface area contributed by atoms with Gasteiger partial charge in [0.25, 0.3) is 0 Å². The molecule has 1 saturated heterocycles. The molecule has 0 radical (unpaired) electrons. The molecule has 1 fully saturated rings. The van der Waals surface area contributed by atoms with Crippen LogP contribution in [0.3, 0.4) is 0 Å². The first-order valence-corrected chi connectivity index (χ1v) is 7.47. The second kappa shape index (κ2) is 7.07. The maximum atomic E-state index is 12.6. The Morgan fingerprint density at radius 1 is 1.35 bits per heavy atom. The van der Waals surface area contributed by atoms with Gasteiger partial charge in [-0.2, -0.15) is 0 Å². The molecule has 1 rings (SSSR count). The van der Waals surface area contributed by atoms with Crippen LogP contribution in [-0.2, 0) is 9.59 Å². The van der Waals surface area contributed by atoms with Crippen LogP contribution in [0.1, 0.15) is 33.6 Å². The Kier molecular flexibility index (Phi) is 5.99. The van der Waals surface area contributed by atoms with E-state index in [9.17, 15) is 9.59 Å². The minimum atomic E-state index is -0.983. The van der Waals surface area contributed by atoms with Gasteiger partial charge in [-0.25, -0.2) is 0 Å². The van der Waals surface area contributed by atoms with Crippen molar-refractivity contribution in [3.8, 4) is 0 Å². The average Bonchev–Trinajstić information content (AvgIpc) is 2.37. The van der Waals surface area contributed by atoms with Crippen LogP contribution in [0, 0.1) is 11.3 Å². The third kappa shape index (κ3) is 4.47. The van der Waals surface area contributed by atoms with E-state index in [2.05, 4.69) is 12.2 Å². The van der Waals surface area contributed by atoms with Crippen molar-refractivity contribution < 1.29 is 9.59 Å². The zero-order valence-electron chi connectivity index (χ0n) is 13.5. The van der Waals surface area contributed by atoms with Crippen molar-refractivity contribution in [2.24, 2.45) is 11.3 Å². The minimum Gasteiger partial charge on any atom is -0.354 e. The van der Waals surface area contributed by atoms with E-state index in [0.717, 1.165) is 26.1 Å². The van der Waals surface area contributed by atoms with E-state index in [0.29, 0.717) is 12.5 Å². The normalized spacial score (nSPS) is 20.1. The maximum Gasteiger partial charge on any atom is 0.237 e. The quantitative estimate of drug-likeness (QED) is 0.764. The van der Waals surface area contributed by atoms with Gasteiger partial charge in [0.2, 0.25) is 11.8 Å². The summed E-state index contributed by atoms with van der Waals surface area (Å²) < 4.78 is 0. The van der Waals surface area contributed by atoms with Crippen LogP contribution in [0.25, 0.3) is 0 Å². The Morgan fingerprint density at radius 3 is 2.55 bits per heavy atom. The third-order valence-corrected chi connectivity index (χ3v) is 3.89. The lowest BCUT2D eigenvalue weighted by Gasteiger charge is -2.36. The molecule has 1 atom stereocenters. The van der Waals surface area contributed by atoms with Gasteiger partial charge in [-0.15, -0.1) is 0 Å². The predicted octanol–water partition coefficient (Wildman–Crippen LogP) is 0.949. The first-order valence-electron chi connectivity index (χ1n) is 7.47. The average molecular weight is 283 g/mol. The van der Waals surface area contributed by atoms with Gasteiger partial charge in [0, 0.05) is 26.2 Å². The lowest BCUT2D eigenvalue weighted by atomic mass is 9.88. The zero-order chi connectivity index (χ0) is 15.3. The highest BCUT2D eigenvalue weighted by molar-refractivity contribution is 6.04. The number of likely N-dealkylation sites (tertiary alicyclic amines) is 1. The molecule has 1 aliphatic heterocycles. The van der Waals surface area contributed by atoms with E-state index < -0.39 is 5.41 Å². The topological polar surface area (TPSA) is 52.7 Å². The van der Waals surface area contributed by atoms with Gasteiger partial charge in [0.05, 0.1) is 0 Å². The molecule has 5 heteroatoms. The molecule has 2 amide bonds. The van der Waals surface area contributed by atoms with Crippen LogP contribution in [0.15, 0.2) is 0 Å². The number of hydrogen-bond acceptors (Lipinski definition) is 3. The lowest BCUT2D eigenvalue weighted by Crippen LogP contribution is -2.52. The first-order chi connectivity index (χ1) is 9.25. The van der Waals surface area contributed by atoms with Crippen molar-refractivity contribution in [2.45, 2.75) is 33.6 Å². The van der Waals surface area contributed by atoms with E-state index in [1.165, 1.54) is 6.42 Å². The van der Waals surface area contributed by atoms with Crippen molar-refractivity contribution in [3.05, 3.63) is 0 Å². The van der Waals surface area contributed by atoms with Gasteiger partial charge in [-0.1, -0.05) is 6.92 Å². The summed E-state index contributed by atoms with van der Waals surface area (Å²) in [4.78, 5) is 28.6. The molecular weight excluding hydrogens is 254 g/mol. The molecule has 0 bridgehead atoms. The highest BCUT2D eigenvalue weighted by atomic mass is 16.2. The summed E-state index contributed by atoms with van der Waals surface area (Å²) >= 11 is 0. The second-order valence-corrected chi connectivity index (χ2v) is 6.68. The molecule has 0 spiro atoms. The Labute approximate surface area is 122 Å². The van der Waals surface area contributed by atoms with Crippen LogP contribution < -0.4 is 5.32 Å². The highest BCUT2D eigenvalue weighted by Crippen LogP contribution is 2.24. The second-order valence-electron chi connectivity index (χ2n) is 6.68. The third-order valence-electron chi connectivity index (χ3n) is 3.89. The largest absolute Gasteiger partial charge is 0.354 e. The number of amides is 2. The molecule has 0 aromatic heterocycles. The van der Waals surface area contributed by atoms with Crippen LogP contribution >= 0.6 is 0 Å². The number of nitrogens with zero attached hydrogens (tertiary/aromatic N) is 2. The molecule has 20 heavy (non-hydrogen) atoms. The summed E-state index contributed by atoms with van der Waals surface area (Å²) in [5.74, 6) is 0.300. The maximum absolute atomic E-state index is 12.6. The summed E-state index contributed by atoms with van der Waals surface area (Å²) in [6.07, 6.45) is 2.20. The van der Waals surface area contributed by atoms with Crippen molar-refractivity contribution in [3.63, 3.8) is 0 Å². The standard InChI is InChI=1S/C15H29N3O2/c1-12-7-6-9-18(11-12)14(20)15(2,3)13(19)16-8-10-17(4)5/h12H,6-11H2,1-5H3,(H,16,19). The van der Waals surface area contributed by atoms with E-state index in [1.54, 1.807) is 13.8 Å². The zero-order valence-corrected chi connectivity index (χ0v) is 13.5. The molecule has 116 valence electrons. The molecule has 1 unspecified atom stereocenters. The molecule has 1 aliphatic rings. The number of carbonyl (C=O) groups excluding carboxylic acids is 2. The van der Waals surface area contributed by atoms with Gasteiger partial charge < -0.3 is 15.1 Å². The SMILES string of the molecule is CC1CCCN(C(=O)C(C)(C)C(=O)NCCN(C)C)C1. The summed E-state index contributed by atoms with van der Waals surface area (Å²) in [7, 11) is 3.91. The van der Waals surface area contributed by atoms with Crippen molar-refractivity contribution in [1.29, 1.82) is 0 Å². The van der Waals surface area contributed by atoms with Crippen LogP contribution in [-0.4, -0.2) is 61.9 Å². The van der Waals surface area contributed by atoms with Crippen molar-refractivity contribution in [2.75, 3.05) is 40.3 Å². The molecule has 0 saturated carbocycles. The highest BCUT2D eigenvalue weighted by Gasteiger charge is 2.39. The number of likely N-dealkylation sites (N-methyl/N-ethyl adjacent to an activating group) is 1. The van der Waals surface area contributed by atoms with Crippen molar-refractivity contribution >= 4 is 11.8 Å². The Bertz CT molecular complexity index is 353. The predicted molar refractivity (Wildman–Crippen MR) is 80.3 cm³/mol. The smallest absolute Gasteiger partial charge is 0.237 e. The molecule has 1 N–H and O–H groups in total. The van der Waals surface area contributed by atoms with Crippen molar-refractivity contribution in [1.82, 2.24) is 15.1 Å². The summed E-state index contributed by atoms with van der Waals surface area (Å²) in [5.41, 5.74) is -0.983. The first kappa shape index (κ1) is 17.0. The van der Waals surface area contributed by atoms with Gasteiger partial charge in [-0.3, -0.25) is 9.59 Å². The fourth-order valence-electron chi connectivity index (χ4n) is 2.48. The Morgan fingerprint density at radius 2 is 2.00 bits per heavy atom. The van der Waals surface area contributed by atoms with Crippen LogP contribution in [0.2, 0.25) is 0 Å². The molecule has 0 aromatic rings. The van der Waals surface area contributed by atoms with Crippen LogP contribution in [0.5, 0.6) is 0 Å². The number of rotatable bonds is 5. The molecule has 0 aromatic carbocycles. The Balaban J connectivity index is 2.57. The summed E-state index contributed by atoms with van der Waals surface area (Å²) in [5, 5.41) is 2.86. The number of nitrogens with one attached hydrogen (secondary N) is 1. The number of carbonyl (C=O) groups is 2. The summed E-state index contributed by atoms with van der Waals surface area (Å²) in [6.45, 7) is 8.49. The van der Waals surface area contributed by atoms with Crippen LogP contribution in [0.4, 0.5) is 0 Å². The van der Waals surface area contributed by atoms with Gasteiger partial charge in [-0.05, 0) is 46.7 Å². The van der Waals surface area contributed by atoms with Gasteiger partial charge >= 0.3 is 0 Å². The van der Waals surface area contributed by atoms with Gasteiger partial charge in [0.15, 0.2) is 0 Å². The van der Waals surface area contributed by atoms with E-state index in [4.69, 9.17) is 0 Å². The molecule has 0 aliphatic carbocycles. The monoisotopic (exact) mass is 283 g/mol. The molecule has 5 nitrogen and oxygen atoms in total. The number of hydrogen-bond donors (Lipinski definition) is 1. The lowest BCUT2D eigenvalue weighted by molar-refractivity contribution is -0.149.